The van der Waals surface area contributed by atoms with E-state index in [0.29, 0.717) is 5.75 Å². The molecule has 0 unspecified atom stereocenters. The molecule has 2 rings (SSSR count). The molecule has 28 heavy (non-hydrogen) atoms. The van der Waals surface area contributed by atoms with Gasteiger partial charge in [0.2, 0.25) is 10.0 Å². The standard InChI is InChI=1S/C19H23N3O5S/c1-13-8-9-14(2)17(10-13)27-12-18(23)20-21-19(24)15-6-5-7-16(11-15)28(25,26)22(3)4/h5-11H,12H2,1-4H3,(H,20,23)(H,21,24). The van der Waals surface area contributed by atoms with E-state index in [4.69, 9.17) is 4.74 Å². The van der Waals surface area contributed by atoms with E-state index >= 15 is 0 Å². The van der Waals surface area contributed by atoms with Crippen LogP contribution in [0.15, 0.2) is 47.4 Å². The minimum Gasteiger partial charge on any atom is -0.483 e. The van der Waals surface area contributed by atoms with Gasteiger partial charge in [0.05, 0.1) is 4.90 Å². The summed E-state index contributed by atoms with van der Waals surface area (Å²) in [5.41, 5.74) is 6.47. The molecular formula is C19H23N3O5S. The quantitative estimate of drug-likeness (QED) is 0.707. The van der Waals surface area contributed by atoms with Gasteiger partial charge in [0.1, 0.15) is 5.75 Å². The molecule has 2 N–H and O–H groups in total. The monoisotopic (exact) mass is 405 g/mol. The topological polar surface area (TPSA) is 105 Å². The number of aryl methyl sites for hydroxylation is 2. The van der Waals surface area contributed by atoms with Gasteiger partial charge in [-0.1, -0.05) is 18.2 Å². The summed E-state index contributed by atoms with van der Waals surface area (Å²) in [5.74, 6) is -0.606. The molecule has 150 valence electrons. The number of hydrogen-bond acceptors (Lipinski definition) is 5. The number of hydrazine groups is 1. The van der Waals surface area contributed by atoms with Gasteiger partial charge in [0.25, 0.3) is 11.8 Å². The molecule has 0 spiro atoms. The van der Waals surface area contributed by atoms with E-state index in [0.717, 1.165) is 15.4 Å². The molecule has 0 radical (unpaired) electrons. The summed E-state index contributed by atoms with van der Waals surface area (Å²) in [6.07, 6.45) is 0. The van der Waals surface area contributed by atoms with Gasteiger partial charge in [-0.2, -0.15) is 0 Å². The molecule has 2 amide bonds. The summed E-state index contributed by atoms with van der Waals surface area (Å²) in [6, 6.07) is 11.2. The zero-order valence-electron chi connectivity index (χ0n) is 16.1. The maximum Gasteiger partial charge on any atom is 0.276 e. The van der Waals surface area contributed by atoms with Gasteiger partial charge in [-0.25, -0.2) is 12.7 Å². The minimum absolute atomic E-state index is 0.0188. The largest absolute Gasteiger partial charge is 0.483 e. The first-order chi connectivity index (χ1) is 13.1. The maximum atomic E-state index is 12.2. The van der Waals surface area contributed by atoms with Crippen molar-refractivity contribution in [2.45, 2.75) is 18.7 Å². The minimum atomic E-state index is -3.67. The molecule has 0 atom stereocenters. The molecule has 0 aliphatic rings. The van der Waals surface area contributed by atoms with Gasteiger partial charge in [-0.15, -0.1) is 0 Å². The second-order valence-electron chi connectivity index (χ2n) is 6.38. The molecule has 8 nitrogen and oxygen atoms in total. The molecule has 0 bridgehead atoms. The fourth-order valence-electron chi connectivity index (χ4n) is 2.25. The Balaban J connectivity index is 1.95. The van der Waals surface area contributed by atoms with E-state index in [1.807, 2.05) is 32.0 Å². The van der Waals surface area contributed by atoms with Crippen molar-refractivity contribution >= 4 is 21.8 Å². The first-order valence-electron chi connectivity index (χ1n) is 8.43. The normalized spacial score (nSPS) is 11.2. The third-order valence-electron chi connectivity index (χ3n) is 3.89. The predicted molar refractivity (Wildman–Crippen MR) is 104 cm³/mol. The van der Waals surface area contributed by atoms with Crippen LogP contribution in [0.2, 0.25) is 0 Å². The Bertz CT molecular complexity index is 987. The van der Waals surface area contributed by atoms with E-state index in [1.54, 1.807) is 0 Å². The molecule has 0 saturated heterocycles. The van der Waals surface area contributed by atoms with Crippen LogP contribution in [-0.4, -0.2) is 45.2 Å². The van der Waals surface area contributed by atoms with Crippen LogP contribution in [0, 0.1) is 13.8 Å². The van der Waals surface area contributed by atoms with Crippen LogP contribution in [0.1, 0.15) is 21.5 Å². The number of rotatable bonds is 6. The molecule has 0 fully saturated rings. The average Bonchev–Trinajstić information content (AvgIpc) is 2.66. The summed E-state index contributed by atoms with van der Waals surface area (Å²) in [7, 11) is -0.863. The maximum absolute atomic E-state index is 12.2. The Labute approximate surface area is 164 Å². The molecule has 0 saturated carbocycles. The summed E-state index contributed by atoms with van der Waals surface area (Å²) in [4.78, 5) is 24.1. The van der Waals surface area contributed by atoms with Gasteiger partial charge in [0.15, 0.2) is 6.61 Å². The number of amides is 2. The molecule has 9 heteroatoms. The van der Waals surface area contributed by atoms with Crippen LogP contribution in [0.4, 0.5) is 0 Å². The van der Waals surface area contributed by atoms with Crippen LogP contribution >= 0.6 is 0 Å². The highest BCUT2D eigenvalue weighted by Gasteiger charge is 2.19. The Morgan fingerprint density at radius 3 is 2.43 bits per heavy atom. The van der Waals surface area contributed by atoms with Crippen molar-refractivity contribution in [2.24, 2.45) is 0 Å². The number of nitrogens with zero attached hydrogens (tertiary/aromatic N) is 1. The van der Waals surface area contributed by atoms with Crippen LogP contribution in [0.25, 0.3) is 0 Å². The summed E-state index contributed by atoms with van der Waals surface area (Å²) in [6.45, 7) is 3.50. The summed E-state index contributed by atoms with van der Waals surface area (Å²) < 4.78 is 30.8. The Hall–Kier alpha value is -2.91. The molecular weight excluding hydrogens is 382 g/mol. The number of nitrogens with one attached hydrogen (secondary N) is 2. The summed E-state index contributed by atoms with van der Waals surface area (Å²) in [5, 5.41) is 0. The zero-order valence-corrected chi connectivity index (χ0v) is 17.0. The van der Waals surface area contributed by atoms with E-state index in [-0.39, 0.29) is 17.1 Å². The van der Waals surface area contributed by atoms with E-state index < -0.39 is 21.8 Å². The van der Waals surface area contributed by atoms with Gasteiger partial charge in [0, 0.05) is 19.7 Å². The van der Waals surface area contributed by atoms with E-state index in [1.165, 1.54) is 38.4 Å². The lowest BCUT2D eigenvalue weighted by atomic mass is 10.1. The predicted octanol–water partition coefficient (Wildman–Crippen LogP) is 1.39. The fraction of sp³-hybridized carbons (Fsp3) is 0.263. The van der Waals surface area contributed by atoms with Crippen molar-refractivity contribution in [1.82, 2.24) is 15.2 Å². The smallest absolute Gasteiger partial charge is 0.276 e. The van der Waals surface area contributed by atoms with Crippen molar-refractivity contribution in [1.29, 1.82) is 0 Å². The highest BCUT2D eigenvalue weighted by atomic mass is 32.2. The Morgan fingerprint density at radius 1 is 1.04 bits per heavy atom. The van der Waals surface area contributed by atoms with Crippen LogP contribution < -0.4 is 15.6 Å². The molecule has 0 aliphatic heterocycles. The molecule has 0 aliphatic carbocycles. The number of sulfonamides is 1. The number of hydrogen-bond donors (Lipinski definition) is 2. The van der Waals surface area contributed by atoms with Crippen molar-refractivity contribution in [3.63, 3.8) is 0 Å². The zero-order chi connectivity index (χ0) is 20.9. The van der Waals surface area contributed by atoms with Crippen molar-refractivity contribution in [3.8, 4) is 5.75 Å². The molecule has 0 heterocycles. The van der Waals surface area contributed by atoms with E-state index in [2.05, 4.69) is 10.9 Å². The van der Waals surface area contributed by atoms with Crippen molar-refractivity contribution in [3.05, 3.63) is 59.2 Å². The lowest BCUT2D eigenvalue weighted by molar-refractivity contribution is -0.123. The summed E-state index contributed by atoms with van der Waals surface area (Å²) >= 11 is 0. The third kappa shape index (κ3) is 5.30. The molecule has 2 aromatic rings. The SMILES string of the molecule is Cc1ccc(C)c(OCC(=O)NNC(=O)c2cccc(S(=O)(=O)N(C)C)c2)c1. The highest BCUT2D eigenvalue weighted by molar-refractivity contribution is 7.89. The van der Waals surface area contributed by atoms with Gasteiger partial charge in [-0.3, -0.25) is 20.4 Å². The van der Waals surface area contributed by atoms with Gasteiger partial charge in [-0.05, 0) is 49.2 Å². The van der Waals surface area contributed by atoms with Crippen LogP contribution in [-0.2, 0) is 14.8 Å². The van der Waals surface area contributed by atoms with Crippen LogP contribution in [0.5, 0.6) is 5.75 Å². The Morgan fingerprint density at radius 2 is 1.75 bits per heavy atom. The second kappa shape index (κ2) is 8.85. The van der Waals surface area contributed by atoms with Crippen molar-refractivity contribution in [2.75, 3.05) is 20.7 Å². The van der Waals surface area contributed by atoms with E-state index in [9.17, 15) is 18.0 Å². The number of ether oxygens (including phenoxy) is 1. The number of carbonyl (C=O) groups excluding carboxylic acids is 2. The third-order valence-corrected chi connectivity index (χ3v) is 5.70. The number of carbonyl (C=O) groups is 2. The molecule has 0 aromatic heterocycles. The first-order valence-corrected chi connectivity index (χ1v) is 9.87. The number of benzene rings is 2. The lowest BCUT2D eigenvalue weighted by Crippen LogP contribution is -2.43. The lowest BCUT2D eigenvalue weighted by Gasteiger charge is -2.13. The average molecular weight is 405 g/mol. The highest BCUT2D eigenvalue weighted by Crippen LogP contribution is 2.18. The van der Waals surface area contributed by atoms with Gasteiger partial charge < -0.3 is 4.74 Å². The fourth-order valence-corrected chi connectivity index (χ4v) is 3.20. The second-order valence-corrected chi connectivity index (χ2v) is 8.53. The van der Waals surface area contributed by atoms with Crippen LogP contribution in [0.3, 0.4) is 0 Å². The first kappa shape index (κ1) is 21.4. The van der Waals surface area contributed by atoms with Crippen molar-refractivity contribution < 1.29 is 22.7 Å². The van der Waals surface area contributed by atoms with Gasteiger partial charge >= 0.3 is 0 Å². The Kier molecular flexibility index (Phi) is 6.76. The molecule has 2 aromatic carbocycles.